The third-order valence-corrected chi connectivity index (χ3v) is 8.60. The lowest BCUT2D eigenvalue weighted by molar-refractivity contribution is -0.160. The Labute approximate surface area is 216 Å². The number of nitrogens with one attached hydrogen (secondary N) is 1. The average Bonchev–Trinajstić information content (AvgIpc) is 3.53. The fourth-order valence-electron chi connectivity index (χ4n) is 5.86. The third kappa shape index (κ3) is 4.61. The summed E-state index contributed by atoms with van der Waals surface area (Å²) in [7, 11) is 0. The molecule has 0 unspecified atom stereocenters. The molecule has 3 aliphatic rings. The Morgan fingerprint density at radius 1 is 1.06 bits per heavy atom. The van der Waals surface area contributed by atoms with Gasteiger partial charge in [0.1, 0.15) is 6.04 Å². The van der Waals surface area contributed by atoms with Crippen molar-refractivity contribution in [3.05, 3.63) is 63.6 Å². The number of benzene rings is 2. The van der Waals surface area contributed by atoms with Crippen LogP contribution in [0.3, 0.4) is 0 Å². The first-order valence-corrected chi connectivity index (χ1v) is 12.8. The standard InChI is InChI=1S/C26H24BrClN2O5/c27-18-9-8-17(12-19(18)28)29-21(31)13-35-26(34)20(10-14-4-2-1-3-5-14)30-24(32)22-15-6-7-16(11-15)23(22)25(30)33/h1-5,8-9,12,15-16,20,22-23H,6-7,10-11,13H2,(H,29,31)/t15-,16-,20+,22-,23+/m0/s1. The first-order valence-electron chi connectivity index (χ1n) is 11.7. The highest BCUT2D eigenvalue weighted by atomic mass is 79.9. The van der Waals surface area contributed by atoms with Crippen LogP contribution >= 0.6 is 27.5 Å². The third-order valence-electron chi connectivity index (χ3n) is 7.37. The molecule has 5 rings (SSSR count). The predicted octanol–water partition coefficient (Wildman–Crippen LogP) is 4.23. The number of likely N-dealkylation sites (tertiary alicyclic amines) is 1. The van der Waals surface area contributed by atoms with Crippen molar-refractivity contribution in [1.82, 2.24) is 4.90 Å². The minimum Gasteiger partial charge on any atom is -0.454 e. The lowest BCUT2D eigenvalue weighted by Crippen LogP contribution is -2.48. The molecule has 0 aromatic heterocycles. The van der Waals surface area contributed by atoms with Gasteiger partial charge in [-0.3, -0.25) is 19.3 Å². The number of anilines is 1. The quantitative estimate of drug-likeness (QED) is 0.405. The number of halogens is 2. The van der Waals surface area contributed by atoms with Gasteiger partial charge in [-0.1, -0.05) is 41.9 Å². The van der Waals surface area contributed by atoms with Crippen molar-refractivity contribution in [3.63, 3.8) is 0 Å². The highest BCUT2D eigenvalue weighted by molar-refractivity contribution is 9.10. The van der Waals surface area contributed by atoms with Crippen LogP contribution in [0.15, 0.2) is 53.0 Å². The summed E-state index contributed by atoms with van der Waals surface area (Å²) < 4.78 is 6.01. The summed E-state index contributed by atoms with van der Waals surface area (Å²) in [6.07, 6.45) is 2.95. The van der Waals surface area contributed by atoms with Gasteiger partial charge in [0.15, 0.2) is 6.61 Å². The van der Waals surface area contributed by atoms with Gasteiger partial charge in [0.2, 0.25) is 11.8 Å². The molecule has 2 bridgehead atoms. The molecule has 3 fully saturated rings. The Kier molecular flexibility index (Phi) is 6.68. The Morgan fingerprint density at radius 2 is 1.71 bits per heavy atom. The van der Waals surface area contributed by atoms with Crippen molar-refractivity contribution in [3.8, 4) is 0 Å². The molecule has 3 amide bonds. The van der Waals surface area contributed by atoms with E-state index in [0.717, 1.165) is 29.7 Å². The molecule has 2 saturated carbocycles. The normalized spacial score (nSPS) is 25.5. The predicted molar refractivity (Wildman–Crippen MR) is 132 cm³/mol. The molecule has 9 heteroatoms. The number of carbonyl (C=O) groups is 4. The molecule has 2 aromatic carbocycles. The fourth-order valence-corrected chi connectivity index (χ4v) is 6.29. The molecule has 0 radical (unpaired) electrons. The van der Waals surface area contributed by atoms with Gasteiger partial charge in [0.25, 0.3) is 5.91 Å². The van der Waals surface area contributed by atoms with Crippen molar-refractivity contribution in [2.24, 2.45) is 23.7 Å². The van der Waals surface area contributed by atoms with E-state index in [4.69, 9.17) is 16.3 Å². The van der Waals surface area contributed by atoms with E-state index in [9.17, 15) is 19.2 Å². The molecule has 5 atom stereocenters. The van der Waals surface area contributed by atoms with E-state index >= 15 is 0 Å². The van der Waals surface area contributed by atoms with Crippen LogP contribution in [0.1, 0.15) is 24.8 Å². The zero-order valence-corrected chi connectivity index (χ0v) is 21.1. The lowest BCUT2D eigenvalue weighted by atomic mass is 9.81. The molecule has 1 N–H and O–H groups in total. The number of esters is 1. The van der Waals surface area contributed by atoms with Crippen LogP contribution in [0.2, 0.25) is 5.02 Å². The summed E-state index contributed by atoms with van der Waals surface area (Å²) in [6, 6.07) is 13.0. The van der Waals surface area contributed by atoms with Crippen LogP contribution in [-0.4, -0.2) is 41.2 Å². The van der Waals surface area contributed by atoms with E-state index in [1.165, 1.54) is 0 Å². The molecule has 1 heterocycles. The second kappa shape index (κ2) is 9.74. The summed E-state index contributed by atoms with van der Waals surface area (Å²) >= 11 is 9.34. The van der Waals surface area contributed by atoms with E-state index in [2.05, 4.69) is 21.2 Å². The Hall–Kier alpha value is -2.71. The fraction of sp³-hybridized carbons (Fsp3) is 0.385. The Morgan fingerprint density at radius 3 is 2.34 bits per heavy atom. The molecule has 2 aromatic rings. The van der Waals surface area contributed by atoms with E-state index in [1.807, 2.05) is 30.3 Å². The van der Waals surface area contributed by atoms with Gasteiger partial charge in [-0.05, 0) is 70.8 Å². The molecule has 2 aliphatic carbocycles. The average molecular weight is 560 g/mol. The van der Waals surface area contributed by atoms with E-state index in [1.54, 1.807) is 18.2 Å². The maximum Gasteiger partial charge on any atom is 0.330 e. The molecule has 35 heavy (non-hydrogen) atoms. The topological polar surface area (TPSA) is 92.8 Å². The van der Waals surface area contributed by atoms with Crippen molar-refractivity contribution < 1.29 is 23.9 Å². The van der Waals surface area contributed by atoms with E-state index < -0.39 is 24.5 Å². The number of carbonyl (C=O) groups excluding carboxylic acids is 4. The lowest BCUT2D eigenvalue weighted by Gasteiger charge is -2.26. The number of nitrogens with zero attached hydrogens (tertiary/aromatic N) is 1. The van der Waals surface area contributed by atoms with E-state index in [-0.39, 0.29) is 41.9 Å². The first-order chi connectivity index (χ1) is 16.8. The molecule has 1 aliphatic heterocycles. The van der Waals surface area contributed by atoms with Crippen molar-refractivity contribution in [1.29, 1.82) is 0 Å². The van der Waals surface area contributed by atoms with Crippen LogP contribution in [0, 0.1) is 23.7 Å². The zero-order valence-electron chi connectivity index (χ0n) is 18.8. The molecular formula is C26H24BrClN2O5. The largest absolute Gasteiger partial charge is 0.454 e. The number of imide groups is 1. The van der Waals surface area contributed by atoms with E-state index in [0.29, 0.717) is 15.2 Å². The molecule has 182 valence electrons. The van der Waals surface area contributed by atoms with Crippen molar-refractivity contribution >= 4 is 56.9 Å². The van der Waals surface area contributed by atoms with Gasteiger partial charge < -0.3 is 10.1 Å². The number of ether oxygens (including phenoxy) is 1. The maximum atomic E-state index is 13.4. The molecular weight excluding hydrogens is 536 g/mol. The number of rotatable bonds is 7. The van der Waals surface area contributed by atoms with Crippen molar-refractivity contribution in [2.45, 2.75) is 31.7 Å². The minimum atomic E-state index is -1.11. The first kappa shape index (κ1) is 24.0. The van der Waals surface area contributed by atoms with Crippen LogP contribution in [0.5, 0.6) is 0 Å². The molecule has 7 nitrogen and oxygen atoms in total. The van der Waals surface area contributed by atoms with Gasteiger partial charge in [-0.25, -0.2) is 4.79 Å². The van der Waals surface area contributed by atoms with Gasteiger partial charge in [-0.2, -0.15) is 0 Å². The molecule has 1 saturated heterocycles. The summed E-state index contributed by atoms with van der Waals surface area (Å²) in [5.41, 5.74) is 1.25. The monoisotopic (exact) mass is 558 g/mol. The Bertz CT molecular complexity index is 1160. The zero-order chi connectivity index (χ0) is 24.7. The summed E-state index contributed by atoms with van der Waals surface area (Å²) in [5.74, 6) is -2.13. The van der Waals surface area contributed by atoms with Gasteiger partial charge in [0.05, 0.1) is 16.9 Å². The number of hydrogen-bond acceptors (Lipinski definition) is 5. The van der Waals surface area contributed by atoms with Gasteiger partial charge in [-0.15, -0.1) is 0 Å². The van der Waals surface area contributed by atoms with Gasteiger partial charge in [0, 0.05) is 16.6 Å². The maximum absolute atomic E-state index is 13.4. The second-order valence-electron chi connectivity index (χ2n) is 9.42. The smallest absolute Gasteiger partial charge is 0.330 e. The summed E-state index contributed by atoms with van der Waals surface area (Å²) in [5, 5.41) is 3.05. The number of fused-ring (bicyclic) bond motifs is 5. The highest BCUT2D eigenvalue weighted by Gasteiger charge is 2.62. The SMILES string of the molecule is O=C(COC(=O)[C@@H](Cc1ccccc1)N1C(=O)[C@@H]2[C@H]3CC[C@@H](C3)[C@@H]2C1=O)Nc1ccc(Br)c(Cl)c1. The molecule has 0 spiro atoms. The Balaban J connectivity index is 1.31. The van der Waals surface area contributed by atoms with Crippen LogP contribution in [-0.2, 0) is 30.3 Å². The summed E-state index contributed by atoms with van der Waals surface area (Å²) in [4.78, 5) is 53.5. The van der Waals surface area contributed by atoms with Crippen LogP contribution in [0.25, 0.3) is 0 Å². The number of amides is 3. The second-order valence-corrected chi connectivity index (χ2v) is 10.7. The van der Waals surface area contributed by atoms with Gasteiger partial charge >= 0.3 is 5.97 Å². The highest BCUT2D eigenvalue weighted by Crippen LogP contribution is 2.56. The van der Waals surface area contributed by atoms with Crippen LogP contribution in [0.4, 0.5) is 5.69 Å². The summed E-state index contributed by atoms with van der Waals surface area (Å²) in [6.45, 7) is -0.549. The minimum absolute atomic E-state index is 0.135. The number of hydrogen-bond donors (Lipinski definition) is 1. The van der Waals surface area contributed by atoms with Crippen molar-refractivity contribution in [2.75, 3.05) is 11.9 Å². The van der Waals surface area contributed by atoms with Crippen LogP contribution < -0.4 is 5.32 Å².